The van der Waals surface area contributed by atoms with Gasteiger partial charge in [-0.25, -0.2) is 9.66 Å². The van der Waals surface area contributed by atoms with E-state index in [4.69, 9.17) is 29.0 Å². The highest BCUT2D eigenvalue weighted by Crippen LogP contribution is 2.29. The van der Waals surface area contributed by atoms with E-state index in [1.165, 1.54) is 17.5 Å². The van der Waals surface area contributed by atoms with E-state index in [1.54, 1.807) is 0 Å². The largest absolute Gasteiger partial charge is 0.337 e. The van der Waals surface area contributed by atoms with Crippen molar-refractivity contribution in [2.45, 2.75) is 0 Å². The van der Waals surface area contributed by atoms with Crippen molar-refractivity contribution in [3.05, 3.63) is 40.9 Å². The van der Waals surface area contributed by atoms with E-state index in [0.29, 0.717) is 0 Å². The molecule has 0 radical (unpaired) electrons. The van der Waals surface area contributed by atoms with Gasteiger partial charge in [-0.2, -0.15) is 0 Å². The van der Waals surface area contributed by atoms with Crippen molar-refractivity contribution < 1.29 is 0 Å². The molecule has 1 heterocycles. The molecule has 2 aliphatic rings. The fourth-order valence-corrected chi connectivity index (χ4v) is 1.22. The lowest BCUT2D eigenvalue weighted by molar-refractivity contribution is 1.00. The van der Waals surface area contributed by atoms with Gasteiger partial charge in [0, 0.05) is 0 Å². The molecule has 1 aromatic heterocycles. The normalized spacial score (nSPS) is 10.4. The van der Waals surface area contributed by atoms with E-state index < -0.39 is 0 Å². The molecule has 3 rings (SSSR count). The van der Waals surface area contributed by atoms with Crippen molar-refractivity contribution in [2.75, 3.05) is 5.84 Å². The van der Waals surface area contributed by atoms with E-state index in [9.17, 15) is 0 Å². The molecule has 5 heteroatoms. The van der Waals surface area contributed by atoms with Gasteiger partial charge in [-0.1, -0.05) is 47.5 Å². The van der Waals surface area contributed by atoms with Gasteiger partial charge < -0.3 is 5.84 Å². The summed E-state index contributed by atoms with van der Waals surface area (Å²) in [6, 6.07) is 8.48. The predicted molar refractivity (Wildman–Crippen MR) is 57.8 cm³/mol. The zero-order chi connectivity index (χ0) is 10.1. The fraction of sp³-hybridized carbons (Fsp3) is 0. The molecule has 0 spiro atoms. The first kappa shape index (κ1) is 9.37. The van der Waals surface area contributed by atoms with Crippen LogP contribution in [0.2, 0.25) is 10.3 Å². The third-order valence-corrected chi connectivity index (χ3v) is 2.66. The van der Waals surface area contributed by atoms with Gasteiger partial charge in [0.05, 0.1) is 0 Å². The SMILES string of the molecule is Nn1cnc(Cl)c1Cl.c1cc2ccc1-2. The standard InChI is InChI=1S/C6H4.C3H3Cl2N3/c1-2-6-4-3-5(1)6;4-2-3(5)8(6)1-7-2/h1-4H;1H,6H2. The minimum Gasteiger partial charge on any atom is -0.337 e. The molecular formula is C9H7Cl2N3. The molecule has 0 fully saturated rings. The number of hydrogen-bond acceptors (Lipinski definition) is 2. The van der Waals surface area contributed by atoms with E-state index in [0.717, 1.165) is 4.68 Å². The maximum Gasteiger partial charge on any atom is 0.168 e. The number of halogens is 2. The summed E-state index contributed by atoms with van der Waals surface area (Å²) in [5, 5.41) is 0.487. The highest BCUT2D eigenvalue weighted by Gasteiger charge is 2.04. The third-order valence-electron chi connectivity index (χ3n) is 1.91. The first-order chi connectivity index (χ1) is 6.68. The monoisotopic (exact) mass is 227 g/mol. The fourth-order valence-electron chi connectivity index (χ4n) is 0.986. The number of imidazole rings is 1. The number of hydrogen-bond donors (Lipinski definition) is 1. The Hall–Kier alpha value is -1.19. The van der Waals surface area contributed by atoms with Crippen LogP contribution < -0.4 is 5.84 Å². The summed E-state index contributed by atoms with van der Waals surface area (Å²) in [6.45, 7) is 0. The molecule has 0 bridgehead atoms. The zero-order valence-corrected chi connectivity index (χ0v) is 8.63. The van der Waals surface area contributed by atoms with Crippen LogP contribution in [0, 0.1) is 0 Å². The van der Waals surface area contributed by atoms with E-state index in [2.05, 4.69) is 29.2 Å². The van der Waals surface area contributed by atoms with Gasteiger partial charge in [0.1, 0.15) is 6.33 Å². The Labute approximate surface area is 91.0 Å². The van der Waals surface area contributed by atoms with Crippen LogP contribution in [-0.2, 0) is 0 Å². The quantitative estimate of drug-likeness (QED) is 0.601. The van der Waals surface area contributed by atoms with Crippen LogP contribution in [0.4, 0.5) is 0 Å². The maximum absolute atomic E-state index is 5.44. The van der Waals surface area contributed by atoms with Gasteiger partial charge >= 0.3 is 0 Å². The molecule has 72 valence electrons. The zero-order valence-electron chi connectivity index (χ0n) is 7.11. The molecule has 0 saturated heterocycles. The van der Waals surface area contributed by atoms with E-state index in [1.807, 2.05) is 0 Å². The summed E-state index contributed by atoms with van der Waals surface area (Å²) in [5.74, 6) is 5.18. The molecule has 0 unspecified atom stereocenters. The second-order valence-corrected chi connectivity index (χ2v) is 3.53. The Balaban J connectivity index is 0.000000110. The lowest BCUT2D eigenvalue weighted by atomic mass is 9.95. The van der Waals surface area contributed by atoms with Crippen molar-refractivity contribution in [2.24, 2.45) is 0 Å². The van der Waals surface area contributed by atoms with Crippen LogP contribution in [-0.4, -0.2) is 9.66 Å². The Morgan fingerprint density at radius 3 is 1.64 bits per heavy atom. The van der Waals surface area contributed by atoms with Gasteiger partial charge in [-0.3, -0.25) is 0 Å². The van der Waals surface area contributed by atoms with Gasteiger partial charge in [0.25, 0.3) is 0 Å². The Morgan fingerprint density at radius 2 is 1.57 bits per heavy atom. The Kier molecular flexibility index (Phi) is 2.35. The molecule has 0 aromatic carbocycles. The van der Waals surface area contributed by atoms with Crippen molar-refractivity contribution in [1.29, 1.82) is 0 Å². The number of rotatable bonds is 0. The summed E-state index contributed by atoms with van der Waals surface area (Å²) in [6.07, 6.45) is 1.34. The predicted octanol–water partition coefficient (Wildman–Crippen LogP) is 2.57. The smallest absolute Gasteiger partial charge is 0.168 e. The van der Waals surface area contributed by atoms with Crippen LogP contribution in [0.25, 0.3) is 11.1 Å². The minimum absolute atomic E-state index is 0.231. The average molecular weight is 228 g/mol. The van der Waals surface area contributed by atoms with E-state index in [-0.39, 0.29) is 10.3 Å². The number of nitrogens with two attached hydrogens (primary N) is 1. The molecule has 2 aliphatic carbocycles. The number of nitrogen functional groups attached to an aromatic ring is 1. The molecular weight excluding hydrogens is 221 g/mol. The summed E-state index contributed by atoms with van der Waals surface area (Å²) in [5.41, 5.74) is 2.85. The second-order valence-electron chi connectivity index (χ2n) is 2.81. The minimum atomic E-state index is 0.231. The van der Waals surface area contributed by atoms with Crippen LogP contribution in [0.15, 0.2) is 30.6 Å². The number of fused-ring (bicyclic) bond motifs is 1. The molecule has 0 saturated carbocycles. The summed E-state index contributed by atoms with van der Waals surface area (Å²) < 4.78 is 1.14. The number of aromatic nitrogens is 2. The molecule has 0 atom stereocenters. The van der Waals surface area contributed by atoms with Crippen molar-refractivity contribution in [3.8, 4) is 11.1 Å². The lowest BCUT2D eigenvalue weighted by Crippen LogP contribution is -2.04. The van der Waals surface area contributed by atoms with Crippen LogP contribution >= 0.6 is 23.2 Å². The maximum atomic E-state index is 5.44. The van der Waals surface area contributed by atoms with Gasteiger partial charge in [-0.15, -0.1) is 0 Å². The Bertz CT molecular complexity index is 407. The van der Waals surface area contributed by atoms with Crippen molar-refractivity contribution in [3.63, 3.8) is 0 Å². The molecule has 0 amide bonds. The first-order valence-corrected chi connectivity index (χ1v) is 4.68. The van der Waals surface area contributed by atoms with Gasteiger partial charge in [0.15, 0.2) is 10.3 Å². The second kappa shape index (κ2) is 3.52. The summed E-state index contributed by atoms with van der Waals surface area (Å²) in [7, 11) is 0. The summed E-state index contributed by atoms with van der Waals surface area (Å²) >= 11 is 10.8. The van der Waals surface area contributed by atoms with Gasteiger partial charge in [-0.05, 0) is 11.1 Å². The highest BCUT2D eigenvalue weighted by molar-refractivity contribution is 6.40. The topological polar surface area (TPSA) is 43.8 Å². The van der Waals surface area contributed by atoms with Crippen molar-refractivity contribution in [1.82, 2.24) is 9.66 Å². The first-order valence-electron chi connectivity index (χ1n) is 3.92. The van der Waals surface area contributed by atoms with Crippen LogP contribution in [0.3, 0.4) is 0 Å². The lowest BCUT2D eigenvalue weighted by Gasteiger charge is -2.10. The molecule has 0 aliphatic heterocycles. The number of nitrogens with zero attached hydrogens (tertiary/aromatic N) is 2. The highest BCUT2D eigenvalue weighted by atomic mass is 35.5. The van der Waals surface area contributed by atoms with Crippen LogP contribution in [0.1, 0.15) is 0 Å². The van der Waals surface area contributed by atoms with Gasteiger partial charge in [0.2, 0.25) is 0 Å². The molecule has 14 heavy (non-hydrogen) atoms. The van der Waals surface area contributed by atoms with E-state index >= 15 is 0 Å². The van der Waals surface area contributed by atoms with Crippen molar-refractivity contribution >= 4 is 23.2 Å². The Morgan fingerprint density at radius 1 is 1.07 bits per heavy atom. The third kappa shape index (κ3) is 1.56. The average Bonchev–Trinajstić information content (AvgIpc) is 2.44. The molecule has 1 aromatic rings. The van der Waals surface area contributed by atoms with Crippen LogP contribution in [0.5, 0.6) is 0 Å². The number of benzene rings is 1. The molecule has 2 N–H and O–H groups in total. The summed E-state index contributed by atoms with van der Waals surface area (Å²) in [4.78, 5) is 3.59. The molecule has 3 nitrogen and oxygen atoms in total.